The van der Waals surface area contributed by atoms with Crippen molar-refractivity contribution in [2.24, 2.45) is 5.41 Å². The van der Waals surface area contributed by atoms with E-state index in [0.29, 0.717) is 0 Å². The summed E-state index contributed by atoms with van der Waals surface area (Å²) in [7, 11) is 0. The summed E-state index contributed by atoms with van der Waals surface area (Å²) >= 11 is 1.37. The van der Waals surface area contributed by atoms with Crippen LogP contribution in [0.2, 0.25) is 0 Å². The molecule has 0 aliphatic heterocycles. The van der Waals surface area contributed by atoms with Gasteiger partial charge in [0.25, 0.3) is 0 Å². The molecule has 0 amide bonds. The maximum Gasteiger partial charge on any atom is 0.321 e. The monoisotopic (exact) mass is 228 g/mol. The summed E-state index contributed by atoms with van der Waals surface area (Å²) in [6.07, 6.45) is 0.126. The Bertz CT molecular complexity index is 342. The van der Waals surface area contributed by atoms with E-state index in [4.69, 9.17) is 10.2 Å². The molecule has 0 radical (unpaired) electrons. The first-order valence-electron chi connectivity index (χ1n) is 4.52. The number of carboxylic acid groups (broad SMARTS) is 2. The van der Waals surface area contributed by atoms with Crippen LogP contribution in [0.15, 0.2) is 17.5 Å². The third-order valence-corrected chi connectivity index (χ3v) is 3.35. The lowest BCUT2D eigenvalue weighted by atomic mass is 9.81. The maximum absolute atomic E-state index is 11.0. The van der Waals surface area contributed by atoms with Gasteiger partial charge >= 0.3 is 11.9 Å². The van der Waals surface area contributed by atoms with Crippen LogP contribution < -0.4 is 0 Å². The van der Waals surface area contributed by atoms with Crippen LogP contribution in [0.3, 0.4) is 0 Å². The van der Waals surface area contributed by atoms with Gasteiger partial charge in [-0.05, 0) is 17.9 Å². The summed E-state index contributed by atoms with van der Waals surface area (Å²) in [6, 6.07) is 3.53. The summed E-state index contributed by atoms with van der Waals surface area (Å²) in [5, 5.41) is 19.8. The van der Waals surface area contributed by atoms with Crippen molar-refractivity contribution in [2.45, 2.75) is 19.8 Å². The minimum Gasteiger partial charge on any atom is -0.480 e. The number of rotatable bonds is 5. The molecule has 0 fully saturated rings. The molecule has 0 unspecified atom stereocenters. The van der Waals surface area contributed by atoms with Crippen molar-refractivity contribution in [3.8, 4) is 0 Å². The number of hydrogen-bond donors (Lipinski definition) is 2. The second-order valence-corrected chi connectivity index (χ2v) is 4.33. The van der Waals surface area contributed by atoms with Crippen molar-refractivity contribution in [3.05, 3.63) is 22.4 Å². The smallest absolute Gasteiger partial charge is 0.321 e. The average Bonchev–Trinajstić information content (AvgIpc) is 2.65. The Morgan fingerprint density at radius 3 is 2.33 bits per heavy atom. The van der Waals surface area contributed by atoms with Crippen LogP contribution in [0.25, 0.3) is 0 Å². The van der Waals surface area contributed by atoms with Crippen LogP contribution in [0, 0.1) is 5.41 Å². The Morgan fingerprint density at radius 2 is 2.00 bits per heavy atom. The Balaban J connectivity index is 3.00. The number of carbonyl (C=O) groups is 2. The zero-order chi connectivity index (χ0) is 11.5. The molecule has 0 saturated heterocycles. The summed E-state index contributed by atoms with van der Waals surface area (Å²) in [5.41, 5.74) is -1.69. The van der Waals surface area contributed by atoms with Crippen molar-refractivity contribution in [1.82, 2.24) is 0 Å². The van der Waals surface area contributed by atoms with Crippen LogP contribution in [0.1, 0.15) is 18.2 Å². The highest BCUT2D eigenvalue weighted by atomic mass is 32.1. The third kappa shape index (κ3) is 2.18. The van der Waals surface area contributed by atoms with Gasteiger partial charge in [0.1, 0.15) is 0 Å². The molecule has 5 heteroatoms. The van der Waals surface area contributed by atoms with Gasteiger partial charge in [0.05, 0.1) is 0 Å². The molecule has 0 aliphatic rings. The highest BCUT2D eigenvalue weighted by molar-refractivity contribution is 7.09. The van der Waals surface area contributed by atoms with Crippen LogP contribution in [0.5, 0.6) is 0 Å². The fraction of sp³-hybridized carbons (Fsp3) is 0.400. The molecule has 4 nitrogen and oxygen atoms in total. The Morgan fingerprint density at radius 1 is 1.40 bits per heavy atom. The Labute approximate surface area is 91.2 Å². The summed E-state index contributed by atoms with van der Waals surface area (Å²) in [5.74, 6) is -2.54. The molecule has 15 heavy (non-hydrogen) atoms. The fourth-order valence-corrected chi connectivity index (χ4v) is 2.20. The summed E-state index contributed by atoms with van der Waals surface area (Å²) < 4.78 is 0. The first kappa shape index (κ1) is 11.7. The predicted octanol–water partition coefficient (Wildman–Crippen LogP) is 1.86. The normalized spacial score (nSPS) is 11.3. The number of hydrogen-bond acceptors (Lipinski definition) is 3. The average molecular weight is 228 g/mol. The van der Waals surface area contributed by atoms with E-state index in [9.17, 15) is 9.59 Å². The molecule has 1 heterocycles. The Hall–Kier alpha value is -1.36. The molecule has 0 saturated carbocycles. The number of aliphatic carboxylic acids is 2. The van der Waals surface area contributed by atoms with E-state index in [1.54, 1.807) is 24.4 Å². The zero-order valence-corrected chi connectivity index (χ0v) is 9.08. The lowest BCUT2D eigenvalue weighted by Crippen LogP contribution is -2.40. The first-order valence-corrected chi connectivity index (χ1v) is 5.40. The van der Waals surface area contributed by atoms with E-state index in [1.807, 2.05) is 0 Å². The molecule has 0 spiro atoms. The maximum atomic E-state index is 11.0. The molecular formula is C10H12O4S. The molecule has 0 aromatic carbocycles. The topological polar surface area (TPSA) is 74.6 Å². The molecule has 1 rings (SSSR count). The highest BCUT2D eigenvalue weighted by Gasteiger charge is 2.45. The van der Waals surface area contributed by atoms with Crippen LogP contribution in [-0.4, -0.2) is 22.2 Å². The molecule has 82 valence electrons. The quantitative estimate of drug-likeness (QED) is 0.754. The van der Waals surface area contributed by atoms with E-state index in [1.165, 1.54) is 11.3 Å². The van der Waals surface area contributed by atoms with Crippen molar-refractivity contribution in [1.29, 1.82) is 0 Å². The van der Waals surface area contributed by atoms with E-state index in [0.717, 1.165) is 4.88 Å². The third-order valence-electron chi connectivity index (χ3n) is 2.48. The van der Waals surface area contributed by atoms with Gasteiger partial charge in [-0.3, -0.25) is 9.59 Å². The van der Waals surface area contributed by atoms with Gasteiger partial charge in [-0.25, -0.2) is 0 Å². The van der Waals surface area contributed by atoms with Crippen molar-refractivity contribution < 1.29 is 19.8 Å². The highest BCUT2D eigenvalue weighted by Crippen LogP contribution is 2.29. The van der Waals surface area contributed by atoms with E-state index in [2.05, 4.69) is 0 Å². The van der Waals surface area contributed by atoms with E-state index in [-0.39, 0.29) is 12.8 Å². The van der Waals surface area contributed by atoms with Gasteiger partial charge in [0.15, 0.2) is 5.41 Å². The molecule has 2 N–H and O–H groups in total. The lowest BCUT2D eigenvalue weighted by molar-refractivity contribution is -0.164. The molecule has 0 atom stereocenters. The largest absolute Gasteiger partial charge is 0.480 e. The lowest BCUT2D eigenvalue weighted by Gasteiger charge is -2.22. The number of carboxylic acids is 2. The predicted molar refractivity (Wildman–Crippen MR) is 56.0 cm³/mol. The molecule has 1 aromatic heterocycles. The number of thiophene rings is 1. The summed E-state index contributed by atoms with van der Waals surface area (Å²) in [6.45, 7) is 1.58. The molecular weight excluding hydrogens is 216 g/mol. The second kappa shape index (κ2) is 4.44. The minimum atomic E-state index is -1.69. The molecule has 0 bridgehead atoms. The van der Waals surface area contributed by atoms with Gasteiger partial charge in [-0.2, -0.15) is 0 Å². The molecule has 1 aromatic rings. The Kier molecular flexibility index (Phi) is 3.47. The minimum absolute atomic E-state index is 0.0475. The van der Waals surface area contributed by atoms with Gasteiger partial charge < -0.3 is 10.2 Å². The van der Waals surface area contributed by atoms with E-state index >= 15 is 0 Å². The van der Waals surface area contributed by atoms with Crippen LogP contribution in [0.4, 0.5) is 0 Å². The van der Waals surface area contributed by atoms with Gasteiger partial charge in [0.2, 0.25) is 0 Å². The SMILES string of the molecule is CCC(Cc1cccs1)(C(=O)O)C(=O)O. The molecule has 0 aliphatic carbocycles. The van der Waals surface area contributed by atoms with Crippen LogP contribution >= 0.6 is 11.3 Å². The van der Waals surface area contributed by atoms with Crippen molar-refractivity contribution in [2.75, 3.05) is 0 Å². The van der Waals surface area contributed by atoms with Crippen LogP contribution in [-0.2, 0) is 16.0 Å². The van der Waals surface area contributed by atoms with Gasteiger partial charge in [0, 0.05) is 11.3 Å². The van der Waals surface area contributed by atoms with Crippen molar-refractivity contribution >= 4 is 23.3 Å². The van der Waals surface area contributed by atoms with Crippen molar-refractivity contribution in [3.63, 3.8) is 0 Å². The van der Waals surface area contributed by atoms with Gasteiger partial charge in [-0.1, -0.05) is 13.0 Å². The van der Waals surface area contributed by atoms with E-state index < -0.39 is 17.4 Å². The van der Waals surface area contributed by atoms with Gasteiger partial charge in [-0.15, -0.1) is 11.3 Å². The summed E-state index contributed by atoms with van der Waals surface area (Å²) in [4.78, 5) is 22.9. The zero-order valence-electron chi connectivity index (χ0n) is 8.27. The fourth-order valence-electron chi connectivity index (χ4n) is 1.38. The second-order valence-electron chi connectivity index (χ2n) is 3.30. The standard InChI is InChI=1S/C10H12O4S/c1-2-10(8(11)12,9(13)14)6-7-4-3-5-15-7/h3-5H,2,6H2,1H3,(H,11,12)(H,13,14). The first-order chi connectivity index (χ1) is 7.03.